The van der Waals surface area contributed by atoms with Crippen LogP contribution in [0.5, 0.6) is 11.5 Å². The van der Waals surface area contributed by atoms with E-state index in [1.54, 1.807) is 6.07 Å². The van der Waals surface area contributed by atoms with Crippen LogP contribution in [0.25, 0.3) is 0 Å². The van der Waals surface area contributed by atoms with Gasteiger partial charge in [0.1, 0.15) is 0 Å². The van der Waals surface area contributed by atoms with E-state index in [1.807, 2.05) is 0 Å². The molecule has 1 rings (SSSR count). The van der Waals surface area contributed by atoms with Crippen LogP contribution < -0.4 is 13.1 Å². The van der Waals surface area contributed by atoms with Crippen molar-refractivity contribution in [1.82, 2.24) is 0 Å². The molecule has 0 spiro atoms. The van der Waals surface area contributed by atoms with E-state index in [-0.39, 0.29) is 5.69 Å². The Bertz CT molecular complexity index is 385. The number of ether oxygens (including phenoxy) is 2. The fourth-order valence-corrected chi connectivity index (χ4v) is 2.92. The van der Waals surface area contributed by atoms with Crippen molar-refractivity contribution in [3.63, 3.8) is 0 Å². The standard InChI is InChI=1S/C8H8ClNO4Te/c1-13-6-3-5(10(11)12)8(15-9)4-7(6)14-2/h3-4H,1-2H3. The molecular weight excluding hydrogens is 337 g/mol. The van der Waals surface area contributed by atoms with Gasteiger partial charge < -0.3 is 0 Å². The first-order valence-electron chi connectivity index (χ1n) is 3.83. The maximum atomic E-state index is 10.7. The maximum absolute atomic E-state index is 10.7. The molecule has 7 heteroatoms. The third-order valence-electron chi connectivity index (χ3n) is 1.74. The first-order chi connectivity index (χ1) is 7.13. The first-order valence-corrected chi connectivity index (χ1v) is 7.94. The number of nitro groups is 1. The van der Waals surface area contributed by atoms with Crippen LogP contribution >= 0.6 is 8.96 Å². The van der Waals surface area contributed by atoms with Gasteiger partial charge in [-0.05, 0) is 0 Å². The molecule has 0 radical (unpaired) electrons. The van der Waals surface area contributed by atoms with Crippen molar-refractivity contribution in [2.75, 3.05) is 14.2 Å². The van der Waals surface area contributed by atoms with Crippen LogP contribution in [0.3, 0.4) is 0 Å². The molecule has 82 valence electrons. The summed E-state index contributed by atoms with van der Waals surface area (Å²) in [6, 6.07) is 2.90. The van der Waals surface area contributed by atoms with Gasteiger partial charge in [0.2, 0.25) is 0 Å². The molecule has 0 aliphatic carbocycles. The molecule has 0 heterocycles. The van der Waals surface area contributed by atoms with E-state index in [9.17, 15) is 10.1 Å². The normalized spacial score (nSPS) is 9.80. The third-order valence-corrected chi connectivity index (χ3v) is 4.27. The van der Waals surface area contributed by atoms with E-state index < -0.39 is 24.7 Å². The van der Waals surface area contributed by atoms with Crippen molar-refractivity contribution in [1.29, 1.82) is 0 Å². The summed E-state index contributed by atoms with van der Waals surface area (Å²) in [4.78, 5) is 10.3. The third kappa shape index (κ3) is 2.65. The van der Waals surface area contributed by atoms with Gasteiger partial charge in [-0.25, -0.2) is 0 Å². The van der Waals surface area contributed by atoms with Gasteiger partial charge in [-0.2, -0.15) is 0 Å². The van der Waals surface area contributed by atoms with Gasteiger partial charge in [0, 0.05) is 0 Å². The monoisotopic (exact) mass is 347 g/mol. The van der Waals surface area contributed by atoms with Crippen LogP contribution in [-0.2, 0) is 0 Å². The summed E-state index contributed by atoms with van der Waals surface area (Å²) in [7, 11) is 8.63. The molecule has 0 bridgehead atoms. The molecule has 1 aromatic carbocycles. The summed E-state index contributed by atoms with van der Waals surface area (Å²) < 4.78 is 10.5. The number of rotatable bonds is 4. The Hall–Kier alpha value is -0.700. The average molecular weight is 345 g/mol. The van der Waals surface area contributed by atoms with Crippen LogP contribution in [0, 0.1) is 10.1 Å². The predicted octanol–water partition coefficient (Wildman–Crippen LogP) is 1.10. The molecule has 15 heavy (non-hydrogen) atoms. The molecule has 0 fully saturated rings. The number of hydrogen-bond acceptors (Lipinski definition) is 4. The summed E-state index contributed by atoms with van der Waals surface area (Å²) in [5, 5.41) is 10.7. The number of nitrogens with zero attached hydrogens (tertiary/aromatic N) is 1. The summed E-state index contributed by atoms with van der Waals surface area (Å²) in [6.07, 6.45) is 0. The molecule has 0 aromatic heterocycles. The van der Waals surface area contributed by atoms with Gasteiger partial charge in [0.25, 0.3) is 0 Å². The van der Waals surface area contributed by atoms with Crippen LogP contribution in [0.15, 0.2) is 12.1 Å². The van der Waals surface area contributed by atoms with Gasteiger partial charge in [-0.3, -0.25) is 0 Å². The number of hydrogen-bond donors (Lipinski definition) is 0. The van der Waals surface area contributed by atoms with Crippen LogP contribution in [0.2, 0.25) is 0 Å². The summed E-state index contributed by atoms with van der Waals surface area (Å²) in [6.45, 7) is 0. The Kier molecular flexibility index (Phi) is 4.45. The van der Waals surface area contributed by atoms with Crippen molar-refractivity contribution in [3.8, 4) is 11.5 Å². The van der Waals surface area contributed by atoms with Crippen molar-refractivity contribution < 1.29 is 14.4 Å². The van der Waals surface area contributed by atoms with E-state index in [1.165, 1.54) is 20.3 Å². The Morgan fingerprint density at radius 2 is 1.87 bits per heavy atom. The van der Waals surface area contributed by atoms with Gasteiger partial charge >= 0.3 is 100 Å². The Balaban J connectivity index is 3.34. The second kappa shape index (κ2) is 5.40. The van der Waals surface area contributed by atoms with E-state index in [0.29, 0.717) is 15.1 Å². The molecule has 0 atom stereocenters. The van der Waals surface area contributed by atoms with Gasteiger partial charge in [0.15, 0.2) is 0 Å². The summed E-state index contributed by atoms with van der Waals surface area (Å²) >= 11 is -1.06. The molecule has 1 aromatic rings. The molecule has 0 saturated heterocycles. The average Bonchev–Trinajstić information content (AvgIpc) is 2.26. The second-order valence-electron chi connectivity index (χ2n) is 2.51. The van der Waals surface area contributed by atoms with Crippen molar-refractivity contribution >= 4 is 38.1 Å². The molecule has 0 saturated carbocycles. The number of nitro benzene ring substituents is 1. The van der Waals surface area contributed by atoms with E-state index >= 15 is 0 Å². The molecule has 0 aliphatic rings. The van der Waals surface area contributed by atoms with Crippen molar-refractivity contribution in [3.05, 3.63) is 22.2 Å². The van der Waals surface area contributed by atoms with Crippen molar-refractivity contribution in [2.45, 2.75) is 0 Å². The Labute approximate surface area is 100 Å². The molecule has 0 N–H and O–H groups in total. The zero-order chi connectivity index (χ0) is 11.4. The molecule has 0 amide bonds. The summed E-state index contributed by atoms with van der Waals surface area (Å²) in [5.74, 6) is 0.800. The second-order valence-corrected chi connectivity index (χ2v) is 5.24. The Morgan fingerprint density at radius 3 is 2.27 bits per heavy atom. The first kappa shape index (κ1) is 12.4. The SMILES string of the molecule is COc1cc([Te]Cl)c([N+](=O)[O-])cc1OC. The fourth-order valence-electron chi connectivity index (χ4n) is 1.05. The Morgan fingerprint density at radius 1 is 1.33 bits per heavy atom. The molecular formula is C8H8ClNO4Te. The minimum absolute atomic E-state index is 0.00921. The minimum atomic E-state index is -1.06. The van der Waals surface area contributed by atoms with E-state index in [0.717, 1.165) is 0 Å². The number of benzene rings is 1. The van der Waals surface area contributed by atoms with Gasteiger partial charge in [0.05, 0.1) is 0 Å². The van der Waals surface area contributed by atoms with E-state index in [4.69, 9.17) is 18.4 Å². The van der Waals surface area contributed by atoms with Crippen LogP contribution in [0.4, 0.5) is 5.69 Å². The topological polar surface area (TPSA) is 61.6 Å². The van der Waals surface area contributed by atoms with Gasteiger partial charge in [-0.15, -0.1) is 0 Å². The number of halogens is 1. The van der Waals surface area contributed by atoms with Crippen molar-refractivity contribution in [2.24, 2.45) is 0 Å². The van der Waals surface area contributed by atoms with Gasteiger partial charge in [-0.1, -0.05) is 0 Å². The van der Waals surface area contributed by atoms with Crippen LogP contribution in [-0.4, -0.2) is 38.9 Å². The zero-order valence-corrected chi connectivity index (χ0v) is 11.1. The zero-order valence-electron chi connectivity index (χ0n) is 8.02. The number of methoxy groups -OCH3 is 2. The predicted molar refractivity (Wildman–Crippen MR) is 57.4 cm³/mol. The quantitative estimate of drug-likeness (QED) is 0.466. The molecule has 5 nitrogen and oxygen atoms in total. The molecule has 0 unspecified atom stereocenters. The summed E-state index contributed by atoms with van der Waals surface area (Å²) in [5.41, 5.74) is -0.00921. The van der Waals surface area contributed by atoms with Crippen LogP contribution in [0.1, 0.15) is 0 Å². The van der Waals surface area contributed by atoms with E-state index in [2.05, 4.69) is 0 Å². The molecule has 0 aliphatic heterocycles. The fraction of sp³-hybridized carbons (Fsp3) is 0.250.